The smallest absolute Gasteiger partial charge is 0.271 e. The Labute approximate surface area is 181 Å². The minimum atomic E-state index is -4.30. The van der Waals surface area contributed by atoms with Crippen LogP contribution in [0.25, 0.3) is 0 Å². The number of hydrogen-bond acceptors (Lipinski definition) is 6. The molecule has 0 saturated heterocycles. The molecule has 2 aromatic rings. The maximum Gasteiger partial charge on any atom is 0.271 e. The van der Waals surface area contributed by atoms with E-state index >= 15 is 0 Å². The van der Waals surface area contributed by atoms with Crippen LogP contribution in [0.5, 0.6) is 17.2 Å². The van der Waals surface area contributed by atoms with Gasteiger partial charge in [0, 0.05) is 25.0 Å². The maximum atomic E-state index is 13.4. The molecule has 0 aliphatic rings. The highest BCUT2D eigenvalue weighted by atomic mass is 35.5. The Balaban J connectivity index is 2.66. The highest BCUT2D eigenvalue weighted by Gasteiger charge is 2.33. The lowest BCUT2D eigenvalue weighted by Crippen LogP contribution is -2.37. The molecule has 0 bridgehead atoms. The first kappa shape index (κ1) is 23.4. The van der Waals surface area contributed by atoms with Crippen LogP contribution in [0.1, 0.15) is 19.8 Å². The van der Waals surface area contributed by atoms with Crippen molar-refractivity contribution >= 4 is 33.2 Å². The summed E-state index contributed by atoms with van der Waals surface area (Å²) in [6.45, 7) is 2.25. The Bertz CT molecular complexity index is 1040. The summed E-state index contributed by atoms with van der Waals surface area (Å²) in [5.74, 6) is 2.40. The van der Waals surface area contributed by atoms with Crippen LogP contribution in [0.2, 0.25) is 5.02 Å². The summed E-state index contributed by atoms with van der Waals surface area (Å²) in [6.07, 6.45) is 5.15. The highest BCUT2D eigenvalue weighted by molar-refractivity contribution is 7.93. The molecule has 0 spiro atoms. The molecule has 0 unspecified atom stereocenters. The fraction of sp³-hybridized carbons (Fsp3) is 0.286. The summed E-state index contributed by atoms with van der Waals surface area (Å²) in [5.41, 5.74) is -0.0327. The third-order valence-corrected chi connectivity index (χ3v) is 6.10. The average molecular weight is 452 g/mol. The molecule has 2 rings (SSSR count). The lowest BCUT2D eigenvalue weighted by molar-refractivity contribution is -0.117. The monoisotopic (exact) mass is 451 g/mol. The van der Waals surface area contributed by atoms with Gasteiger partial charge < -0.3 is 14.2 Å². The molecule has 0 radical (unpaired) electrons. The molecule has 9 heteroatoms. The summed E-state index contributed by atoms with van der Waals surface area (Å²) >= 11 is 6.13. The number of amides is 1. The van der Waals surface area contributed by atoms with Crippen LogP contribution in [-0.4, -0.2) is 35.2 Å². The van der Waals surface area contributed by atoms with E-state index in [-0.39, 0.29) is 39.9 Å². The van der Waals surface area contributed by atoms with Crippen molar-refractivity contribution < 1.29 is 27.4 Å². The van der Waals surface area contributed by atoms with E-state index in [1.54, 1.807) is 0 Å². The fourth-order valence-electron chi connectivity index (χ4n) is 2.66. The third kappa shape index (κ3) is 4.99. The van der Waals surface area contributed by atoms with Gasteiger partial charge in [-0.3, -0.25) is 4.79 Å². The van der Waals surface area contributed by atoms with Crippen molar-refractivity contribution in [3.63, 3.8) is 0 Å². The summed E-state index contributed by atoms with van der Waals surface area (Å²) in [4.78, 5) is 12.8. The first-order valence-corrected chi connectivity index (χ1v) is 10.8. The van der Waals surface area contributed by atoms with Crippen molar-refractivity contribution in [1.29, 1.82) is 0 Å². The van der Waals surface area contributed by atoms with Gasteiger partial charge >= 0.3 is 0 Å². The average Bonchev–Trinajstić information content (AvgIpc) is 2.73. The van der Waals surface area contributed by atoms with E-state index in [0.717, 1.165) is 0 Å². The van der Waals surface area contributed by atoms with Crippen LogP contribution in [0, 0.1) is 12.3 Å². The van der Waals surface area contributed by atoms with Crippen molar-refractivity contribution in [3.8, 4) is 29.6 Å². The van der Waals surface area contributed by atoms with Gasteiger partial charge in [0.25, 0.3) is 10.0 Å². The molecule has 7 nitrogen and oxygen atoms in total. The minimum Gasteiger partial charge on any atom is -0.495 e. The Morgan fingerprint density at radius 3 is 2.30 bits per heavy atom. The van der Waals surface area contributed by atoms with E-state index in [4.69, 9.17) is 32.2 Å². The topological polar surface area (TPSA) is 82.1 Å². The van der Waals surface area contributed by atoms with Crippen LogP contribution in [-0.2, 0) is 14.8 Å². The second-order valence-corrected chi connectivity index (χ2v) is 8.12. The van der Waals surface area contributed by atoms with E-state index in [2.05, 4.69) is 5.92 Å². The number of rotatable bonds is 9. The van der Waals surface area contributed by atoms with Gasteiger partial charge in [-0.2, -0.15) is 4.31 Å². The van der Waals surface area contributed by atoms with Crippen molar-refractivity contribution in [2.75, 3.05) is 25.1 Å². The van der Waals surface area contributed by atoms with Crippen molar-refractivity contribution in [2.24, 2.45) is 0 Å². The van der Waals surface area contributed by atoms with Gasteiger partial charge in [-0.05, 0) is 31.2 Å². The van der Waals surface area contributed by atoms with Crippen LogP contribution in [0.4, 0.5) is 5.69 Å². The molecule has 30 heavy (non-hydrogen) atoms. The number of benzene rings is 2. The van der Waals surface area contributed by atoms with Gasteiger partial charge in [0.2, 0.25) is 5.91 Å². The summed E-state index contributed by atoms with van der Waals surface area (Å²) in [5, 5.41) is 0.201. The first-order valence-electron chi connectivity index (χ1n) is 8.96. The van der Waals surface area contributed by atoms with Gasteiger partial charge in [0.1, 0.15) is 22.9 Å². The first-order chi connectivity index (χ1) is 14.3. The molecule has 0 fully saturated rings. The molecule has 0 aliphatic carbocycles. The molecule has 0 N–H and O–H groups in total. The molecule has 0 heterocycles. The molecular weight excluding hydrogens is 430 g/mol. The van der Waals surface area contributed by atoms with E-state index in [9.17, 15) is 13.2 Å². The second-order valence-electron chi connectivity index (χ2n) is 5.93. The van der Waals surface area contributed by atoms with Crippen LogP contribution in [0.15, 0.2) is 41.3 Å². The Morgan fingerprint density at radius 2 is 1.77 bits per heavy atom. The number of sulfonamides is 1. The number of hydrogen-bond donors (Lipinski definition) is 0. The number of carbonyl (C=O) groups excluding carboxylic acids is 1. The molecule has 0 aromatic heterocycles. The second kappa shape index (κ2) is 10.2. The van der Waals surface area contributed by atoms with Gasteiger partial charge in [-0.1, -0.05) is 11.6 Å². The van der Waals surface area contributed by atoms with E-state index in [0.29, 0.717) is 16.7 Å². The van der Waals surface area contributed by atoms with E-state index < -0.39 is 15.9 Å². The molecule has 2 aromatic carbocycles. The van der Waals surface area contributed by atoms with Gasteiger partial charge in [0.05, 0.1) is 30.7 Å². The lowest BCUT2D eigenvalue weighted by Gasteiger charge is -2.25. The lowest BCUT2D eigenvalue weighted by atomic mass is 10.2. The van der Waals surface area contributed by atoms with Gasteiger partial charge in [-0.25, -0.2) is 8.42 Å². The number of nitrogens with zero attached hydrogens (tertiary/aromatic N) is 1. The molecule has 1 amide bonds. The quantitative estimate of drug-likeness (QED) is 0.538. The predicted molar refractivity (Wildman–Crippen MR) is 115 cm³/mol. The number of carbonyl (C=O) groups is 1. The Kier molecular flexibility index (Phi) is 7.98. The van der Waals surface area contributed by atoms with Crippen molar-refractivity contribution in [3.05, 3.63) is 41.4 Å². The Hall–Kier alpha value is -2.89. The summed E-state index contributed by atoms with van der Waals surface area (Å²) < 4.78 is 43.4. The maximum absolute atomic E-state index is 13.4. The van der Waals surface area contributed by atoms with E-state index in [1.165, 1.54) is 50.6 Å². The minimum absolute atomic E-state index is 0.0327. The highest BCUT2D eigenvalue weighted by Crippen LogP contribution is 2.40. The molecule has 0 aliphatic heterocycles. The van der Waals surface area contributed by atoms with Crippen molar-refractivity contribution in [1.82, 2.24) is 0 Å². The normalized spacial score (nSPS) is 10.8. The van der Waals surface area contributed by atoms with Crippen LogP contribution in [0.3, 0.4) is 0 Å². The number of methoxy groups -OCH3 is 2. The largest absolute Gasteiger partial charge is 0.495 e. The third-order valence-electron chi connectivity index (χ3n) is 4.05. The molecule has 160 valence electrons. The predicted octanol–water partition coefficient (Wildman–Crippen LogP) is 3.89. The molecule has 0 atom stereocenters. The zero-order chi connectivity index (χ0) is 22.3. The summed E-state index contributed by atoms with van der Waals surface area (Å²) in [7, 11) is -1.58. The molecule has 0 saturated carbocycles. The molecular formula is C21H22ClNO6S. The fourth-order valence-corrected chi connectivity index (χ4v) is 4.34. The van der Waals surface area contributed by atoms with E-state index in [1.807, 2.05) is 6.92 Å². The number of ether oxygens (including phenoxy) is 3. The van der Waals surface area contributed by atoms with Gasteiger partial charge in [0.15, 0.2) is 0 Å². The standard InChI is InChI=1S/C21H22ClNO6S/c1-5-7-8-21(24)23(18-14-19(27-3)17(22)13-20(18)28-4)30(25,26)16-11-9-15(10-12-16)29-6-2/h1,9-14H,6-8H2,2-4H3. The number of anilines is 1. The van der Waals surface area contributed by atoms with Crippen molar-refractivity contribution in [2.45, 2.75) is 24.7 Å². The number of terminal acetylenes is 1. The van der Waals surface area contributed by atoms with Crippen LogP contribution >= 0.6 is 11.6 Å². The zero-order valence-corrected chi connectivity index (χ0v) is 18.4. The SMILES string of the molecule is C#CCCC(=O)N(c1cc(OC)c(Cl)cc1OC)S(=O)(=O)c1ccc(OCC)cc1. The number of halogens is 1. The van der Waals surface area contributed by atoms with Gasteiger partial charge in [-0.15, -0.1) is 12.3 Å². The van der Waals surface area contributed by atoms with Crippen LogP contribution < -0.4 is 18.5 Å². The Morgan fingerprint density at radius 1 is 1.13 bits per heavy atom. The zero-order valence-electron chi connectivity index (χ0n) is 16.8. The summed E-state index contributed by atoms with van der Waals surface area (Å²) in [6, 6.07) is 8.47.